The van der Waals surface area contributed by atoms with Gasteiger partial charge < -0.3 is 43.9 Å². The van der Waals surface area contributed by atoms with Crippen molar-refractivity contribution in [2.45, 2.75) is 0 Å². The molecule has 0 saturated carbocycles. The van der Waals surface area contributed by atoms with Crippen LogP contribution in [0, 0.1) is 9.41 Å². The lowest BCUT2D eigenvalue weighted by Crippen LogP contribution is -2.15. The highest BCUT2D eigenvalue weighted by Crippen LogP contribution is 2.26. The molecule has 1 aromatic carbocycles. The zero-order chi connectivity index (χ0) is 21.3. The number of hydrogen-bond donors (Lipinski definition) is 2. The Morgan fingerprint density at radius 3 is 1.39 bits per heavy atom. The highest BCUT2D eigenvalue weighted by atomic mass is 32.1. The van der Waals surface area contributed by atoms with Crippen LogP contribution in [0.5, 0.6) is 11.5 Å². The van der Waals surface area contributed by atoms with Crippen LogP contribution in [0.15, 0.2) is 36.5 Å². The Morgan fingerprint density at radius 1 is 0.613 bits per heavy atom. The second kappa shape index (κ2) is 17.8. The molecule has 0 aliphatic carbocycles. The summed E-state index contributed by atoms with van der Waals surface area (Å²) < 4.78 is 34.2. The molecule has 1 aliphatic rings. The summed E-state index contributed by atoms with van der Waals surface area (Å²) in [6, 6.07) is 9.33. The van der Waals surface area contributed by atoms with Crippen LogP contribution in [0.2, 0.25) is 0 Å². The molecule has 31 heavy (non-hydrogen) atoms. The molecule has 0 bridgehead atoms. The molecule has 3 rings (SSSR count). The minimum atomic E-state index is 0. The Bertz CT molecular complexity index is 754. The van der Waals surface area contributed by atoms with Gasteiger partial charge in [-0.1, -0.05) is 24.4 Å². The fraction of sp³-hybridized carbons (Fsp3) is 0.500. The normalized spacial score (nSPS) is 16.4. The molecule has 9 nitrogen and oxygen atoms in total. The molecule has 0 unspecified atom stereocenters. The highest BCUT2D eigenvalue weighted by Gasteiger charge is 2.04. The van der Waals surface area contributed by atoms with Crippen LogP contribution in [-0.4, -0.2) is 81.5 Å². The van der Waals surface area contributed by atoms with Crippen LogP contribution in [0.25, 0.3) is 0 Å². The van der Waals surface area contributed by atoms with Gasteiger partial charge in [-0.15, -0.1) is 0 Å². The zero-order valence-electron chi connectivity index (χ0n) is 17.3. The average molecular weight is 475 g/mol. The molecule has 2 heterocycles. The fourth-order valence-electron chi connectivity index (χ4n) is 2.25. The van der Waals surface area contributed by atoms with Crippen molar-refractivity contribution in [1.82, 2.24) is 9.97 Å². The SMILES string of the molecule is O.S=c1cc[nH]c(=S)[nH]1.c1ccc2c(c1)OCCOCCOCCOCCOCCO2. The molecular weight excluding hydrogens is 444 g/mol. The lowest BCUT2D eigenvalue weighted by molar-refractivity contribution is -0.00841. The number of nitrogens with one attached hydrogen (secondary N) is 2. The average Bonchev–Trinajstić information content (AvgIpc) is 2.74. The van der Waals surface area contributed by atoms with Gasteiger partial charge in [-0.05, 0) is 30.4 Å². The van der Waals surface area contributed by atoms with E-state index in [0.717, 1.165) is 0 Å². The van der Waals surface area contributed by atoms with Gasteiger partial charge in [-0.2, -0.15) is 0 Å². The third-order valence-electron chi connectivity index (χ3n) is 3.62. The van der Waals surface area contributed by atoms with Crippen LogP contribution in [0.3, 0.4) is 0 Å². The van der Waals surface area contributed by atoms with Crippen LogP contribution >= 0.6 is 24.4 Å². The third-order valence-corrected chi connectivity index (χ3v) is 4.08. The second-order valence-electron chi connectivity index (χ2n) is 5.89. The number of rotatable bonds is 0. The van der Waals surface area contributed by atoms with Crippen molar-refractivity contribution >= 4 is 24.4 Å². The van der Waals surface area contributed by atoms with Crippen molar-refractivity contribution in [3.05, 3.63) is 45.9 Å². The number of hydrogen-bond acceptors (Lipinski definition) is 8. The first-order chi connectivity index (χ1) is 14.8. The van der Waals surface area contributed by atoms with Gasteiger partial charge in [0.15, 0.2) is 16.3 Å². The quantitative estimate of drug-likeness (QED) is 0.559. The summed E-state index contributed by atoms with van der Waals surface area (Å²) in [5, 5.41) is 0. The molecule has 0 atom stereocenters. The molecule has 0 spiro atoms. The van der Waals surface area contributed by atoms with E-state index in [4.69, 9.17) is 52.9 Å². The molecule has 0 saturated heterocycles. The largest absolute Gasteiger partial charge is 0.487 e. The Labute approximate surface area is 191 Å². The summed E-state index contributed by atoms with van der Waals surface area (Å²) in [7, 11) is 0. The smallest absolute Gasteiger partial charge is 0.175 e. The zero-order valence-corrected chi connectivity index (χ0v) is 18.9. The van der Waals surface area contributed by atoms with Gasteiger partial charge in [0.2, 0.25) is 0 Å². The number of benzene rings is 1. The lowest BCUT2D eigenvalue weighted by atomic mass is 10.3. The maximum atomic E-state index is 5.68. The topological polar surface area (TPSA) is 118 Å². The third kappa shape index (κ3) is 13.2. The molecule has 4 N–H and O–H groups in total. The molecule has 1 aliphatic heterocycles. The van der Waals surface area contributed by atoms with Crippen LogP contribution in [-0.2, 0) is 18.9 Å². The first-order valence-corrected chi connectivity index (χ1v) is 10.5. The summed E-state index contributed by atoms with van der Waals surface area (Å²) in [6.07, 6.45) is 1.71. The molecule has 174 valence electrons. The fourth-order valence-corrected chi connectivity index (χ4v) is 2.67. The van der Waals surface area contributed by atoms with E-state index in [1.54, 1.807) is 12.3 Å². The monoisotopic (exact) mass is 474 g/mol. The Morgan fingerprint density at radius 2 is 1.03 bits per heavy atom. The van der Waals surface area contributed by atoms with E-state index < -0.39 is 0 Å². The second-order valence-corrected chi connectivity index (χ2v) is 6.74. The minimum Gasteiger partial charge on any atom is -0.487 e. The number of aromatic amines is 2. The Kier molecular flexibility index (Phi) is 15.6. The van der Waals surface area contributed by atoms with Crippen molar-refractivity contribution in [1.29, 1.82) is 0 Å². The maximum Gasteiger partial charge on any atom is 0.175 e. The minimum absolute atomic E-state index is 0. The van der Waals surface area contributed by atoms with E-state index >= 15 is 0 Å². The van der Waals surface area contributed by atoms with Crippen molar-refractivity contribution in [3.8, 4) is 11.5 Å². The molecule has 0 radical (unpaired) electrons. The van der Waals surface area contributed by atoms with Gasteiger partial charge in [0.05, 0.1) is 52.9 Å². The summed E-state index contributed by atoms with van der Waals surface area (Å²) in [5.41, 5.74) is 0. The number of fused-ring (bicyclic) bond motifs is 1. The van der Waals surface area contributed by atoms with Crippen LogP contribution in [0.1, 0.15) is 0 Å². The van der Waals surface area contributed by atoms with E-state index in [9.17, 15) is 0 Å². The number of H-pyrrole nitrogens is 2. The highest BCUT2D eigenvalue weighted by molar-refractivity contribution is 7.72. The van der Waals surface area contributed by atoms with E-state index in [1.807, 2.05) is 24.3 Å². The molecular formula is C20H30N2O7S2. The number of ether oxygens (including phenoxy) is 6. The van der Waals surface area contributed by atoms with Crippen molar-refractivity contribution < 1.29 is 33.9 Å². The summed E-state index contributed by atoms with van der Waals surface area (Å²) in [5.74, 6) is 1.43. The molecule has 0 amide bonds. The Balaban J connectivity index is 0.000000450. The van der Waals surface area contributed by atoms with E-state index in [-0.39, 0.29) is 5.48 Å². The number of para-hydroxylation sites is 2. The van der Waals surface area contributed by atoms with Crippen molar-refractivity contribution in [2.75, 3.05) is 66.1 Å². The number of aromatic nitrogens is 2. The first-order valence-electron chi connectivity index (χ1n) is 9.69. The van der Waals surface area contributed by atoms with Crippen molar-refractivity contribution in [2.24, 2.45) is 0 Å². The van der Waals surface area contributed by atoms with Gasteiger partial charge in [0.1, 0.15) is 17.9 Å². The van der Waals surface area contributed by atoms with E-state index in [2.05, 4.69) is 9.97 Å². The van der Waals surface area contributed by atoms with E-state index in [0.29, 0.717) is 87.0 Å². The van der Waals surface area contributed by atoms with Gasteiger partial charge >= 0.3 is 0 Å². The predicted molar refractivity (Wildman–Crippen MR) is 121 cm³/mol. The van der Waals surface area contributed by atoms with Crippen LogP contribution in [0.4, 0.5) is 0 Å². The summed E-state index contributed by atoms with van der Waals surface area (Å²) in [4.78, 5) is 5.51. The maximum absolute atomic E-state index is 5.68. The van der Waals surface area contributed by atoms with Crippen LogP contribution < -0.4 is 9.47 Å². The molecule has 2 aromatic rings. The first kappa shape index (κ1) is 27.2. The van der Waals surface area contributed by atoms with Gasteiger partial charge in [-0.25, -0.2) is 0 Å². The van der Waals surface area contributed by atoms with E-state index in [1.165, 1.54) is 0 Å². The standard InChI is InChI=1S/C16H24O6.C4H4N2S2.H2O/c1-2-4-16-15(3-1)21-13-11-19-9-7-17-5-6-18-8-10-20-12-14-22-16;7-3-1-2-5-4(8)6-3;/h1-4H,5-14H2;1-2H,(H2,5,6,7,8);1H2. The molecule has 0 fully saturated rings. The predicted octanol–water partition coefficient (Wildman–Crippen LogP) is 2.50. The molecule has 11 heteroatoms. The van der Waals surface area contributed by atoms with Gasteiger partial charge in [0, 0.05) is 6.20 Å². The summed E-state index contributed by atoms with van der Waals surface area (Å²) in [6.45, 7) is 5.30. The Hall–Kier alpha value is -1.86. The molecule has 1 aromatic heterocycles. The lowest BCUT2D eigenvalue weighted by Gasteiger charge is -2.13. The van der Waals surface area contributed by atoms with Gasteiger partial charge in [-0.3, -0.25) is 0 Å². The van der Waals surface area contributed by atoms with Gasteiger partial charge in [0.25, 0.3) is 0 Å². The summed E-state index contributed by atoms with van der Waals surface area (Å²) >= 11 is 9.48. The van der Waals surface area contributed by atoms with Crippen molar-refractivity contribution in [3.63, 3.8) is 0 Å².